The molecule has 9 heteroatoms. The van der Waals surface area contributed by atoms with Crippen LogP contribution in [-0.2, 0) is 4.79 Å². The van der Waals surface area contributed by atoms with Gasteiger partial charge in [0.05, 0.1) is 16.8 Å². The summed E-state index contributed by atoms with van der Waals surface area (Å²) in [6.07, 6.45) is 0. The second kappa shape index (κ2) is 7.19. The lowest BCUT2D eigenvalue weighted by molar-refractivity contribution is -0.113. The van der Waals surface area contributed by atoms with E-state index in [1.54, 1.807) is 24.3 Å². The maximum atomic E-state index is 12.1. The van der Waals surface area contributed by atoms with Crippen LogP contribution in [0, 0.1) is 0 Å². The fourth-order valence-corrected chi connectivity index (χ4v) is 2.97. The monoisotopic (exact) mass is 385 g/mol. The van der Waals surface area contributed by atoms with Crippen molar-refractivity contribution in [1.82, 2.24) is 20.2 Å². The van der Waals surface area contributed by atoms with E-state index in [9.17, 15) is 4.79 Å². The van der Waals surface area contributed by atoms with Crippen molar-refractivity contribution in [1.29, 1.82) is 0 Å². The predicted molar refractivity (Wildman–Crippen MR) is 100 cm³/mol. The Morgan fingerprint density at radius 3 is 2.77 bits per heavy atom. The number of hydrogen-bond acceptors (Lipinski definition) is 6. The van der Waals surface area contributed by atoms with Gasteiger partial charge in [0.15, 0.2) is 0 Å². The summed E-state index contributed by atoms with van der Waals surface area (Å²) in [7, 11) is 0. The first-order valence-corrected chi connectivity index (χ1v) is 9.00. The highest BCUT2D eigenvalue weighted by Crippen LogP contribution is 2.24. The fourth-order valence-electron chi connectivity index (χ4n) is 2.28. The van der Waals surface area contributed by atoms with Crippen molar-refractivity contribution in [3.63, 3.8) is 0 Å². The number of nitrogens with zero attached hydrogens (tertiary/aromatic N) is 3. The first kappa shape index (κ1) is 16.6. The van der Waals surface area contributed by atoms with Crippen LogP contribution in [-0.4, -0.2) is 31.8 Å². The zero-order chi connectivity index (χ0) is 17.9. The molecule has 2 N–H and O–H groups in total. The van der Waals surface area contributed by atoms with Gasteiger partial charge in [-0.2, -0.15) is 0 Å². The minimum Gasteiger partial charge on any atom is -0.411 e. The molecule has 0 bridgehead atoms. The SMILES string of the molecule is O=C(CSc1nnc(-c2ccc(Cl)cc2)o1)Nc1nc2ccccc2[nH]1. The van der Waals surface area contributed by atoms with Crippen molar-refractivity contribution < 1.29 is 9.21 Å². The number of nitrogens with one attached hydrogen (secondary N) is 2. The molecule has 0 saturated carbocycles. The summed E-state index contributed by atoms with van der Waals surface area (Å²) in [5, 5.41) is 11.6. The molecule has 0 aliphatic carbocycles. The summed E-state index contributed by atoms with van der Waals surface area (Å²) < 4.78 is 5.55. The van der Waals surface area contributed by atoms with Gasteiger partial charge in [-0.1, -0.05) is 35.5 Å². The summed E-state index contributed by atoms with van der Waals surface area (Å²) in [6, 6.07) is 14.6. The van der Waals surface area contributed by atoms with Gasteiger partial charge < -0.3 is 9.40 Å². The van der Waals surface area contributed by atoms with Crippen molar-refractivity contribution in [2.75, 3.05) is 11.1 Å². The van der Waals surface area contributed by atoms with Gasteiger partial charge >= 0.3 is 0 Å². The van der Waals surface area contributed by atoms with Crippen molar-refractivity contribution >= 4 is 46.3 Å². The Hall–Kier alpha value is -2.84. The quantitative estimate of drug-likeness (QED) is 0.504. The molecule has 1 amide bonds. The second-order valence-electron chi connectivity index (χ2n) is 5.32. The highest BCUT2D eigenvalue weighted by molar-refractivity contribution is 7.99. The molecule has 4 aromatic rings. The topological polar surface area (TPSA) is 96.7 Å². The molecule has 4 rings (SSSR count). The van der Waals surface area contributed by atoms with Crippen LogP contribution < -0.4 is 5.32 Å². The smallest absolute Gasteiger partial charge is 0.277 e. The molecule has 0 unspecified atom stereocenters. The van der Waals surface area contributed by atoms with E-state index in [1.807, 2.05) is 24.3 Å². The van der Waals surface area contributed by atoms with Crippen molar-refractivity contribution in [2.45, 2.75) is 5.22 Å². The van der Waals surface area contributed by atoms with E-state index in [1.165, 1.54) is 0 Å². The number of fused-ring (bicyclic) bond motifs is 1. The van der Waals surface area contributed by atoms with Crippen LogP contribution in [0.25, 0.3) is 22.5 Å². The maximum Gasteiger partial charge on any atom is 0.277 e. The number of amides is 1. The Balaban J connectivity index is 1.36. The number of halogens is 1. The minimum absolute atomic E-state index is 0.124. The Morgan fingerprint density at radius 2 is 1.96 bits per heavy atom. The number of hydrogen-bond donors (Lipinski definition) is 2. The molecule has 2 aromatic carbocycles. The normalized spacial score (nSPS) is 11.0. The summed E-state index contributed by atoms with van der Waals surface area (Å²) >= 11 is 7.01. The number of aromatic amines is 1. The number of imidazole rings is 1. The maximum absolute atomic E-state index is 12.1. The number of carbonyl (C=O) groups is 1. The molecule has 0 spiro atoms. The third-order valence-corrected chi connectivity index (χ3v) is 4.54. The van der Waals surface area contributed by atoms with Gasteiger partial charge in [-0.15, -0.1) is 10.2 Å². The molecule has 26 heavy (non-hydrogen) atoms. The highest BCUT2D eigenvalue weighted by atomic mass is 35.5. The van der Waals surface area contributed by atoms with E-state index in [0.29, 0.717) is 22.1 Å². The van der Waals surface area contributed by atoms with Crippen LogP contribution in [0.2, 0.25) is 5.02 Å². The zero-order valence-corrected chi connectivity index (χ0v) is 14.8. The highest BCUT2D eigenvalue weighted by Gasteiger charge is 2.12. The van der Waals surface area contributed by atoms with Gasteiger partial charge in [-0.25, -0.2) is 4.98 Å². The van der Waals surface area contributed by atoms with Gasteiger partial charge in [0.25, 0.3) is 5.22 Å². The number of para-hydroxylation sites is 2. The van der Waals surface area contributed by atoms with E-state index in [0.717, 1.165) is 28.4 Å². The molecule has 130 valence electrons. The predicted octanol–water partition coefficient (Wildman–Crippen LogP) is 4.00. The summed E-state index contributed by atoms with van der Waals surface area (Å²) in [5.41, 5.74) is 2.42. The van der Waals surface area contributed by atoms with Crippen LogP contribution in [0.5, 0.6) is 0 Å². The Bertz CT molecular complexity index is 1030. The lowest BCUT2D eigenvalue weighted by Gasteiger charge is -1.99. The molecule has 2 heterocycles. The number of aromatic nitrogens is 4. The van der Waals surface area contributed by atoms with Crippen molar-refractivity contribution in [3.05, 3.63) is 53.6 Å². The number of anilines is 1. The van der Waals surface area contributed by atoms with Crippen LogP contribution in [0.3, 0.4) is 0 Å². The van der Waals surface area contributed by atoms with E-state index >= 15 is 0 Å². The van der Waals surface area contributed by atoms with Crippen molar-refractivity contribution in [2.24, 2.45) is 0 Å². The third kappa shape index (κ3) is 3.71. The van der Waals surface area contributed by atoms with Crippen LogP contribution in [0.4, 0.5) is 5.95 Å². The number of benzene rings is 2. The first-order valence-electron chi connectivity index (χ1n) is 7.64. The van der Waals surface area contributed by atoms with Crippen molar-refractivity contribution in [3.8, 4) is 11.5 Å². The van der Waals surface area contributed by atoms with E-state index in [-0.39, 0.29) is 11.7 Å². The lowest BCUT2D eigenvalue weighted by atomic mass is 10.2. The molecule has 0 fully saturated rings. The molecular formula is C17H12ClN5O2S. The van der Waals surface area contributed by atoms with Gasteiger partial charge in [0.2, 0.25) is 17.7 Å². The molecule has 0 aliphatic rings. The third-order valence-electron chi connectivity index (χ3n) is 3.47. The Kier molecular flexibility index (Phi) is 4.59. The summed E-state index contributed by atoms with van der Waals surface area (Å²) in [4.78, 5) is 19.4. The number of thioether (sulfide) groups is 1. The fraction of sp³-hybridized carbons (Fsp3) is 0.0588. The Labute approximate surface area is 157 Å². The van der Waals surface area contributed by atoms with E-state index in [4.69, 9.17) is 16.0 Å². The van der Waals surface area contributed by atoms with Gasteiger partial charge in [0, 0.05) is 10.6 Å². The number of H-pyrrole nitrogens is 1. The molecule has 0 saturated heterocycles. The first-order chi connectivity index (χ1) is 12.7. The molecule has 0 atom stereocenters. The summed E-state index contributed by atoms with van der Waals surface area (Å²) in [5.74, 6) is 0.686. The van der Waals surface area contributed by atoms with Gasteiger partial charge in [0.1, 0.15) is 0 Å². The van der Waals surface area contributed by atoms with Crippen LogP contribution in [0.15, 0.2) is 58.2 Å². The van der Waals surface area contributed by atoms with Crippen LogP contribution in [0.1, 0.15) is 0 Å². The number of carbonyl (C=O) groups excluding carboxylic acids is 1. The van der Waals surface area contributed by atoms with E-state index in [2.05, 4.69) is 25.5 Å². The largest absolute Gasteiger partial charge is 0.411 e. The molecule has 0 radical (unpaired) electrons. The average molecular weight is 386 g/mol. The van der Waals surface area contributed by atoms with Crippen LogP contribution >= 0.6 is 23.4 Å². The van der Waals surface area contributed by atoms with Gasteiger partial charge in [-0.3, -0.25) is 10.1 Å². The zero-order valence-electron chi connectivity index (χ0n) is 13.3. The molecule has 0 aliphatic heterocycles. The average Bonchev–Trinajstić information content (AvgIpc) is 3.27. The van der Waals surface area contributed by atoms with E-state index < -0.39 is 0 Å². The van der Waals surface area contributed by atoms with Gasteiger partial charge in [-0.05, 0) is 36.4 Å². The molecule has 7 nitrogen and oxygen atoms in total. The molecular weight excluding hydrogens is 374 g/mol. The standard InChI is InChI=1S/C17H12ClN5O2S/c18-11-7-5-10(6-8-11)15-22-23-17(25-15)26-9-14(24)21-16-19-12-3-1-2-4-13(12)20-16/h1-8H,9H2,(H2,19,20,21,24). The summed E-state index contributed by atoms with van der Waals surface area (Å²) in [6.45, 7) is 0. The minimum atomic E-state index is -0.222. The Morgan fingerprint density at radius 1 is 1.15 bits per heavy atom. The second-order valence-corrected chi connectivity index (χ2v) is 6.68. The lowest BCUT2D eigenvalue weighted by Crippen LogP contribution is -2.14. The number of rotatable bonds is 5. The molecule has 2 aromatic heterocycles.